The Kier molecular flexibility index (Phi) is 5.42. The third-order valence-corrected chi connectivity index (χ3v) is 2.40. The number of pyridine rings is 1. The molecule has 17 heavy (non-hydrogen) atoms. The summed E-state index contributed by atoms with van der Waals surface area (Å²) in [6.45, 7) is 3.16. The molecule has 1 rings (SSSR count). The minimum absolute atomic E-state index is 0.0414. The summed E-state index contributed by atoms with van der Waals surface area (Å²) in [4.78, 5) is 17.5. The molecule has 1 aromatic rings. The molecule has 94 valence electrons. The molecule has 0 aromatic carbocycles. The molecule has 5 heteroatoms. The number of nitrogens with zero attached hydrogens (tertiary/aromatic N) is 2. The van der Waals surface area contributed by atoms with Crippen molar-refractivity contribution >= 4 is 11.6 Å². The number of anilines is 1. The maximum absolute atomic E-state index is 12.1. The number of aliphatic hydroxyl groups is 1. The van der Waals surface area contributed by atoms with Crippen LogP contribution in [0.15, 0.2) is 18.5 Å². The van der Waals surface area contributed by atoms with Crippen LogP contribution in [0, 0.1) is 0 Å². The summed E-state index contributed by atoms with van der Waals surface area (Å²) >= 11 is 0. The predicted molar refractivity (Wildman–Crippen MR) is 67.1 cm³/mol. The highest BCUT2D eigenvalue weighted by Gasteiger charge is 2.15. The number of likely N-dealkylation sites (N-methyl/N-ethyl adjacent to an activating group) is 1. The van der Waals surface area contributed by atoms with Gasteiger partial charge in [-0.3, -0.25) is 9.78 Å². The number of hydrogen-bond donors (Lipinski definition) is 2. The van der Waals surface area contributed by atoms with Crippen LogP contribution in [0.3, 0.4) is 0 Å². The molecular weight excluding hydrogens is 218 g/mol. The molecule has 0 bridgehead atoms. The van der Waals surface area contributed by atoms with E-state index in [2.05, 4.69) is 17.2 Å². The SMILES string of the molecule is CCCNc1ccncc1C(=O)N(C)CCO. The second kappa shape index (κ2) is 6.85. The zero-order valence-electron chi connectivity index (χ0n) is 10.3. The Bertz CT molecular complexity index is 369. The van der Waals surface area contributed by atoms with Gasteiger partial charge in [0.15, 0.2) is 0 Å². The summed E-state index contributed by atoms with van der Waals surface area (Å²) in [7, 11) is 1.66. The van der Waals surface area contributed by atoms with Crippen molar-refractivity contribution in [1.82, 2.24) is 9.88 Å². The number of nitrogens with one attached hydrogen (secondary N) is 1. The average molecular weight is 237 g/mol. The molecular formula is C12H19N3O2. The Morgan fingerprint density at radius 3 is 3.00 bits per heavy atom. The van der Waals surface area contributed by atoms with Crippen molar-refractivity contribution in [3.8, 4) is 0 Å². The average Bonchev–Trinajstić information content (AvgIpc) is 2.36. The number of hydrogen-bond acceptors (Lipinski definition) is 4. The fourth-order valence-electron chi connectivity index (χ4n) is 1.44. The van der Waals surface area contributed by atoms with E-state index in [9.17, 15) is 4.79 Å². The maximum Gasteiger partial charge on any atom is 0.257 e. The number of carbonyl (C=O) groups excluding carboxylic acids is 1. The fourth-order valence-corrected chi connectivity index (χ4v) is 1.44. The molecule has 0 radical (unpaired) electrons. The van der Waals surface area contributed by atoms with E-state index in [1.165, 1.54) is 4.90 Å². The first-order valence-corrected chi connectivity index (χ1v) is 5.75. The molecule has 0 atom stereocenters. The molecule has 0 unspecified atom stereocenters. The number of rotatable bonds is 6. The van der Waals surface area contributed by atoms with Crippen LogP contribution in [0.5, 0.6) is 0 Å². The third-order valence-electron chi connectivity index (χ3n) is 2.40. The first kappa shape index (κ1) is 13.4. The van der Waals surface area contributed by atoms with Crippen LogP contribution >= 0.6 is 0 Å². The lowest BCUT2D eigenvalue weighted by atomic mass is 10.2. The number of aliphatic hydroxyl groups excluding tert-OH is 1. The Morgan fingerprint density at radius 2 is 2.35 bits per heavy atom. The van der Waals surface area contributed by atoms with E-state index >= 15 is 0 Å². The fraction of sp³-hybridized carbons (Fsp3) is 0.500. The lowest BCUT2D eigenvalue weighted by Crippen LogP contribution is -2.30. The normalized spacial score (nSPS) is 10.1. The summed E-state index contributed by atoms with van der Waals surface area (Å²) in [6.07, 6.45) is 4.19. The van der Waals surface area contributed by atoms with Crippen LogP contribution in [-0.4, -0.2) is 47.6 Å². The number of aromatic nitrogens is 1. The Balaban J connectivity index is 2.84. The van der Waals surface area contributed by atoms with Gasteiger partial charge in [0, 0.05) is 32.5 Å². The van der Waals surface area contributed by atoms with E-state index in [-0.39, 0.29) is 12.5 Å². The summed E-state index contributed by atoms with van der Waals surface area (Å²) < 4.78 is 0. The second-order valence-electron chi connectivity index (χ2n) is 3.80. The maximum atomic E-state index is 12.1. The van der Waals surface area contributed by atoms with Gasteiger partial charge >= 0.3 is 0 Å². The zero-order chi connectivity index (χ0) is 12.7. The Morgan fingerprint density at radius 1 is 1.59 bits per heavy atom. The first-order chi connectivity index (χ1) is 8.20. The summed E-state index contributed by atoms with van der Waals surface area (Å²) in [5.74, 6) is -0.134. The van der Waals surface area contributed by atoms with Crippen molar-refractivity contribution in [3.05, 3.63) is 24.0 Å². The second-order valence-corrected chi connectivity index (χ2v) is 3.80. The smallest absolute Gasteiger partial charge is 0.257 e. The summed E-state index contributed by atoms with van der Waals surface area (Å²) in [5.41, 5.74) is 1.33. The lowest BCUT2D eigenvalue weighted by molar-refractivity contribution is 0.0767. The molecule has 1 aromatic heterocycles. The minimum Gasteiger partial charge on any atom is -0.395 e. The van der Waals surface area contributed by atoms with Crippen LogP contribution in [0.4, 0.5) is 5.69 Å². The summed E-state index contributed by atoms with van der Waals surface area (Å²) in [5, 5.41) is 12.0. The molecule has 0 spiro atoms. The van der Waals surface area contributed by atoms with Gasteiger partial charge in [-0.15, -0.1) is 0 Å². The molecule has 0 aliphatic rings. The van der Waals surface area contributed by atoms with Crippen LogP contribution in [0.25, 0.3) is 0 Å². The first-order valence-electron chi connectivity index (χ1n) is 5.75. The van der Waals surface area contributed by atoms with Crippen LogP contribution in [0.2, 0.25) is 0 Å². The topological polar surface area (TPSA) is 65.5 Å². The molecule has 5 nitrogen and oxygen atoms in total. The molecule has 0 fully saturated rings. The van der Waals surface area contributed by atoms with Crippen LogP contribution < -0.4 is 5.32 Å². The highest BCUT2D eigenvalue weighted by atomic mass is 16.3. The van der Waals surface area contributed by atoms with Crippen molar-refractivity contribution in [1.29, 1.82) is 0 Å². The molecule has 1 amide bonds. The molecule has 1 heterocycles. The van der Waals surface area contributed by atoms with Crippen molar-refractivity contribution in [3.63, 3.8) is 0 Å². The van der Waals surface area contributed by atoms with Gasteiger partial charge in [-0.1, -0.05) is 6.92 Å². The van der Waals surface area contributed by atoms with Gasteiger partial charge in [-0.25, -0.2) is 0 Å². The number of carbonyl (C=O) groups is 1. The Labute approximate surface area is 101 Å². The monoisotopic (exact) mass is 237 g/mol. The highest BCUT2D eigenvalue weighted by molar-refractivity contribution is 5.99. The van der Waals surface area contributed by atoms with Gasteiger partial charge in [0.2, 0.25) is 0 Å². The van der Waals surface area contributed by atoms with E-state index in [4.69, 9.17) is 5.11 Å². The van der Waals surface area contributed by atoms with E-state index in [1.807, 2.05) is 0 Å². The number of amides is 1. The molecule has 0 saturated carbocycles. The van der Waals surface area contributed by atoms with Crippen molar-refractivity contribution < 1.29 is 9.90 Å². The van der Waals surface area contributed by atoms with E-state index in [1.54, 1.807) is 25.5 Å². The molecule has 2 N–H and O–H groups in total. The van der Waals surface area contributed by atoms with Gasteiger partial charge in [0.1, 0.15) is 0 Å². The third kappa shape index (κ3) is 3.71. The summed E-state index contributed by atoms with van der Waals surface area (Å²) in [6, 6.07) is 1.79. The molecule has 0 saturated heterocycles. The van der Waals surface area contributed by atoms with Gasteiger partial charge in [-0.05, 0) is 12.5 Å². The standard InChI is InChI=1S/C12H19N3O2/c1-3-5-14-11-4-6-13-9-10(11)12(17)15(2)7-8-16/h4,6,9,16H,3,5,7-8H2,1-2H3,(H,13,14). The zero-order valence-corrected chi connectivity index (χ0v) is 10.3. The Hall–Kier alpha value is -1.62. The van der Waals surface area contributed by atoms with Crippen molar-refractivity contribution in [2.75, 3.05) is 32.1 Å². The highest BCUT2D eigenvalue weighted by Crippen LogP contribution is 2.15. The lowest BCUT2D eigenvalue weighted by Gasteiger charge is -2.18. The van der Waals surface area contributed by atoms with Crippen molar-refractivity contribution in [2.45, 2.75) is 13.3 Å². The van der Waals surface area contributed by atoms with Crippen LogP contribution in [0.1, 0.15) is 23.7 Å². The van der Waals surface area contributed by atoms with E-state index < -0.39 is 0 Å². The van der Waals surface area contributed by atoms with Gasteiger partial charge < -0.3 is 15.3 Å². The van der Waals surface area contributed by atoms with E-state index in [0.29, 0.717) is 12.1 Å². The van der Waals surface area contributed by atoms with Crippen molar-refractivity contribution in [2.24, 2.45) is 0 Å². The molecule has 0 aliphatic carbocycles. The van der Waals surface area contributed by atoms with Crippen LogP contribution in [-0.2, 0) is 0 Å². The van der Waals surface area contributed by atoms with E-state index in [0.717, 1.165) is 18.7 Å². The quantitative estimate of drug-likeness (QED) is 0.773. The van der Waals surface area contributed by atoms with Gasteiger partial charge in [0.05, 0.1) is 17.9 Å². The predicted octanol–water partition coefficient (Wildman–Crippen LogP) is 0.968. The molecule has 0 aliphatic heterocycles. The minimum atomic E-state index is -0.134. The van der Waals surface area contributed by atoms with Gasteiger partial charge in [-0.2, -0.15) is 0 Å². The van der Waals surface area contributed by atoms with Gasteiger partial charge in [0.25, 0.3) is 5.91 Å². The largest absolute Gasteiger partial charge is 0.395 e.